The highest BCUT2D eigenvalue weighted by Crippen LogP contribution is 2.25. The van der Waals surface area contributed by atoms with E-state index < -0.39 is 5.60 Å². The van der Waals surface area contributed by atoms with E-state index in [9.17, 15) is 4.79 Å². The van der Waals surface area contributed by atoms with Gasteiger partial charge in [0.15, 0.2) is 0 Å². The van der Waals surface area contributed by atoms with E-state index in [0.29, 0.717) is 17.1 Å². The summed E-state index contributed by atoms with van der Waals surface area (Å²) in [5.74, 6) is -0.193. The van der Waals surface area contributed by atoms with E-state index in [-0.39, 0.29) is 5.91 Å². The van der Waals surface area contributed by atoms with Crippen LogP contribution < -0.4 is 11.1 Å². The maximum absolute atomic E-state index is 12.2. The van der Waals surface area contributed by atoms with Crippen molar-refractivity contribution in [2.24, 2.45) is 5.73 Å². The van der Waals surface area contributed by atoms with Crippen LogP contribution in [0.1, 0.15) is 25.8 Å². The van der Waals surface area contributed by atoms with Crippen LogP contribution in [0.15, 0.2) is 22.7 Å². The Morgan fingerprint density at radius 3 is 2.63 bits per heavy atom. The Morgan fingerprint density at radius 1 is 1.58 bits per heavy atom. The average molecular weight is 345 g/mol. The zero-order valence-electron chi connectivity index (χ0n) is 11.1. The lowest BCUT2D eigenvalue weighted by Crippen LogP contribution is -2.41. The minimum Gasteiger partial charge on any atom is -0.389 e. The van der Waals surface area contributed by atoms with Crippen LogP contribution in [-0.2, 0) is 9.53 Å². The summed E-state index contributed by atoms with van der Waals surface area (Å²) in [5.41, 5.74) is 6.10. The topological polar surface area (TPSA) is 64.3 Å². The van der Waals surface area contributed by atoms with Crippen molar-refractivity contribution in [1.82, 2.24) is 0 Å². The number of thiocarbonyl (C=S) groups is 1. The Hall–Kier alpha value is -0.980. The largest absolute Gasteiger partial charge is 0.389 e. The molecule has 1 rings (SSSR count). The number of methoxy groups -OCH3 is 1. The lowest BCUT2D eigenvalue weighted by Gasteiger charge is -2.25. The molecule has 1 aromatic carbocycles. The molecule has 0 aromatic heterocycles. The van der Waals surface area contributed by atoms with Crippen molar-refractivity contribution in [3.8, 4) is 0 Å². The van der Waals surface area contributed by atoms with Crippen molar-refractivity contribution in [1.29, 1.82) is 0 Å². The average Bonchev–Trinajstić information content (AvgIpc) is 2.39. The first-order chi connectivity index (χ1) is 8.84. The van der Waals surface area contributed by atoms with Gasteiger partial charge in [-0.2, -0.15) is 0 Å². The lowest BCUT2D eigenvalue weighted by atomic mass is 10.0. The van der Waals surface area contributed by atoms with Crippen LogP contribution in [0.25, 0.3) is 0 Å². The number of hydrogen-bond acceptors (Lipinski definition) is 3. The predicted molar refractivity (Wildman–Crippen MR) is 84.4 cm³/mol. The zero-order chi connectivity index (χ0) is 14.6. The molecule has 0 aliphatic rings. The van der Waals surface area contributed by atoms with E-state index in [1.54, 1.807) is 25.1 Å². The number of carbonyl (C=O) groups is 1. The van der Waals surface area contributed by atoms with Gasteiger partial charge >= 0.3 is 0 Å². The van der Waals surface area contributed by atoms with E-state index in [4.69, 9.17) is 22.7 Å². The molecule has 1 aromatic rings. The zero-order valence-corrected chi connectivity index (χ0v) is 13.5. The summed E-state index contributed by atoms with van der Waals surface area (Å²) in [6.45, 7) is 3.65. The molecule has 0 radical (unpaired) electrons. The molecule has 1 unspecified atom stereocenters. The van der Waals surface area contributed by atoms with Gasteiger partial charge in [0.05, 0.1) is 5.69 Å². The number of rotatable bonds is 5. The summed E-state index contributed by atoms with van der Waals surface area (Å²) in [5, 5.41) is 2.82. The Kier molecular flexibility index (Phi) is 5.46. The summed E-state index contributed by atoms with van der Waals surface area (Å²) < 4.78 is 5.98. The second-order valence-corrected chi connectivity index (χ2v) is 5.60. The van der Waals surface area contributed by atoms with Crippen LogP contribution in [-0.4, -0.2) is 23.6 Å². The second-order valence-electron chi connectivity index (χ2n) is 4.30. The molecule has 4 nitrogen and oxygen atoms in total. The molecule has 104 valence electrons. The lowest BCUT2D eigenvalue weighted by molar-refractivity contribution is -0.136. The molecule has 0 spiro atoms. The number of benzene rings is 1. The van der Waals surface area contributed by atoms with Crippen LogP contribution >= 0.6 is 28.1 Å². The van der Waals surface area contributed by atoms with E-state index in [0.717, 1.165) is 10.0 Å². The van der Waals surface area contributed by atoms with Crippen molar-refractivity contribution in [3.05, 3.63) is 28.2 Å². The quantitative estimate of drug-likeness (QED) is 0.806. The number of carbonyl (C=O) groups excluding carboxylic acids is 1. The van der Waals surface area contributed by atoms with Gasteiger partial charge in [-0.1, -0.05) is 19.1 Å². The summed E-state index contributed by atoms with van der Waals surface area (Å²) in [6, 6.07) is 5.29. The standard InChI is InChI=1S/C13H17BrN2O2S/c1-4-13(2,18-3)12(17)16-10-6-5-8(11(15)19)7-9(10)14/h5-7H,4H2,1-3H3,(H2,15,19)(H,16,17). The van der Waals surface area contributed by atoms with E-state index >= 15 is 0 Å². The third-order valence-corrected chi connectivity index (χ3v) is 4.00. The smallest absolute Gasteiger partial charge is 0.256 e. The summed E-state index contributed by atoms with van der Waals surface area (Å²) in [4.78, 5) is 12.5. The molecule has 6 heteroatoms. The fourth-order valence-electron chi connectivity index (χ4n) is 1.42. The summed E-state index contributed by atoms with van der Waals surface area (Å²) in [6.07, 6.45) is 0.581. The first kappa shape index (κ1) is 16.1. The van der Waals surface area contributed by atoms with E-state index in [1.807, 2.05) is 6.92 Å². The molecule has 3 N–H and O–H groups in total. The van der Waals surface area contributed by atoms with Gasteiger partial charge in [-0.15, -0.1) is 0 Å². The monoisotopic (exact) mass is 344 g/mol. The highest BCUT2D eigenvalue weighted by Gasteiger charge is 2.31. The molecular formula is C13H17BrN2O2S. The van der Waals surface area contributed by atoms with Crippen molar-refractivity contribution in [3.63, 3.8) is 0 Å². The maximum atomic E-state index is 12.2. The normalized spacial score (nSPS) is 13.7. The number of halogens is 1. The molecule has 1 atom stereocenters. The minimum absolute atomic E-state index is 0.193. The number of nitrogens with two attached hydrogens (primary N) is 1. The van der Waals surface area contributed by atoms with Crippen molar-refractivity contribution in [2.75, 3.05) is 12.4 Å². The van der Waals surface area contributed by atoms with E-state index in [2.05, 4.69) is 21.2 Å². The number of hydrogen-bond donors (Lipinski definition) is 2. The molecule has 0 heterocycles. The molecule has 0 bridgehead atoms. The molecule has 0 saturated carbocycles. The Labute approximate surface area is 126 Å². The first-order valence-corrected chi connectivity index (χ1v) is 7.00. The Bertz CT molecular complexity index is 501. The van der Waals surface area contributed by atoms with Gasteiger partial charge in [-0.25, -0.2) is 0 Å². The van der Waals surface area contributed by atoms with Crippen LogP contribution in [0.4, 0.5) is 5.69 Å². The fourth-order valence-corrected chi connectivity index (χ4v) is 2.03. The third kappa shape index (κ3) is 3.75. The summed E-state index contributed by atoms with van der Waals surface area (Å²) in [7, 11) is 1.52. The van der Waals surface area contributed by atoms with Gasteiger partial charge in [0, 0.05) is 17.1 Å². The number of amides is 1. The highest BCUT2D eigenvalue weighted by molar-refractivity contribution is 9.10. The van der Waals surface area contributed by atoms with Crippen molar-refractivity contribution < 1.29 is 9.53 Å². The van der Waals surface area contributed by atoms with Gasteiger partial charge < -0.3 is 15.8 Å². The fraction of sp³-hybridized carbons (Fsp3) is 0.385. The SMILES string of the molecule is CCC(C)(OC)C(=O)Nc1ccc(C(N)=S)cc1Br. The number of nitrogens with one attached hydrogen (secondary N) is 1. The van der Waals surface area contributed by atoms with Gasteiger partial charge in [0.1, 0.15) is 10.6 Å². The third-order valence-electron chi connectivity index (χ3n) is 3.11. The number of ether oxygens (including phenoxy) is 1. The van der Waals surface area contributed by atoms with Crippen LogP contribution in [0.2, 0.25) is 0 Å². The number of anilines is 1. The molecule has 0 aliphatic heterocycles. The first-order valence-electron chi connectivity index (χ1n) is 5.80. The predicted octanol–water partition coefficient (Wildman–Crippen LogP) is 2.84. The maximum Gasteiger partial charge on any atom is 0.256 e. The molecule has 0 aliphatic carbocycles. The van der Waals surface area contributed by atoms with Crippen LogP contribution in [0, 0.1) is 0 Å². The molecular weight excluding hydrogens is 328 g/mol. The molecule has 0 saturated heterocycles. The Morgan fingerprint density at radius 2 is 2.21 bits per heavy atom. The summed E-state index contributed by atoms with van der Waals surface area (Å²) >= 11 is 8.28. The highest BCUT2D eigenvalue weighted by atomic mass is 79.9. The Balaban J connectivity index is 2.95. The van der Waals surface area contributed by atoms with Crippen LogP contribution in [0.3, 0.4) is 0 Å². The van der Waals surface area contributed by atoms with Gasteiger partial charge in [0.25, 0.3) is 5.91 Å². The van der Waals surface area contributed by atoms with Gasteiger partial charge in [-0.05, 0) is 47.5 Å². The molecule has 19 heavy (non-hydrogen) atoms. The van der Waals surface area contributed by atoms with Crippen LogP contribution in [0.5, 0.6) is 0 Å². The van der Waals surface area contributed by atoms with Crippen molar-refractivity contribution in [2.45, 2.75) is 25.9 Å². The minimum atomic E-state index is -0.846. The molecule has 1 amide bonds. The van der Waals surface area contributed by atoms with Gasteiger partial charge in [-0.3, -0.25) is 4.79 Å². The van der Waals surface area contributed by atoms with E-state index in [1.165, 1.54) is 7.11 Å². The molecule has 0 fully saturated rings. The second kappa shape index (κ2) is 6.45. The van der Waals surface area contributed by atoms with Gasteiger partial charge in [0.2, 0.25) is 0 Å². The van der Waals surface area contributed by atoms with Crippen molar-refractivity contribution >= 4 is 44.7 Å².